The van der Waals surface area contributed by atoms with E-state index in [-0.39, 0.29) is 0 Å². The zero-order valence-electron chi connectivity index (χ0n) is 11.2. The summed E-state index contributed by atoms with van der Waals surface area (Å²) in [6.45, 7) is 4.59. The molecule has 1 atom stereocenters. The normalized spacial score (nSPS) is 12.7. The molecule has 0 radical (unpaired) electrons. The highest BCUT2D eigenvalue weighted by atomic mass is 127. The molecule has 1 N–H and O–H groups in total. The van der Waals surface area contributed by atoms with Crippen LogP contribution in [0.2, 0.25) is 10.0 Å². The second-order valence-electron chi connectivity index (χ2n) is 4.55. The molecule has 1 heterocycles. The van der Waals surface area contributed by atoms with Crippen LogP contribution in [0, 0.1) is 10.5 Å². The first-order valence-corrected chi connectivity index (χ1v) is 8.12. The zero-order valence-corrected chi connectivity index (χ0v) is 14.9. The molecule has 1 unspecified atom stereocenters. The van der Waals surface area contributed by atoms with Crippen molar-refractivity contribution in [3.63, 3.8) is 0 Å². The fourth-order valence-electron chi connectivity index (χ4n) is 2.13. The second kappa shape index (κ2) is 6.64. The predicted molar refractivity (Wildman–Crippen MR) is 90.5 cm³/mol. The van der Waals surface area contributed by atoms with E-state index in [4.69, 9.17) is 23.2 Å². The number of halogens is 3. The number of nitrogens with zero attached hydrogens (tertiary/aromatic N) is 2. The molecule has 0 aliphatic heterocycles. The molecule has 20 heavy (non-hydrogen) atoms. The number of hydrogen-bond donors (Lipinski definition) is 1. The molecule has 108 valence electrons. The monoisotopic (exact) mass is 424 g/mol. The number of benzene rings is 1. The molecule has 2 rings (SSSR count). The van der Waals surface area contributed by atoms with Crippen molar-refractivity contribution in [1.29, 1.82) is 0 Å². The Hall–Kier alpha value is -0.300. The average Bonchev–Trinajstić information content (AvgIpc) is 2.69. The van der Waals surface area contributed by atoms with E-state index in [0.717, 1.165) is 27.1 Å². The van der Waals surface area contributed by atoms with Crippen LogP contribution < -0.4 is 0 Å². The van der Waals surface area contributed by atoms with Gasteiger partial charge in [0.05, 0.1) is 22.5 Å². The number of aliphatic hydroxyl groups excluding tert-OH is 1. The van der Waals surface area contributed by atoms with E-state index in [2.05, 4.69) is 27.7 Å². The van der Waals surface area contributed by atoms with E-state index in [1.807, 2.05) is 30.7 Å². The zero-order chi connectivity index (χ0) is 14.9. The third-order valence-electron chi connectivity index (χ3n) is 3.16. The lowest BCUT2D eigenvalue weighted by Gasteiger charge is -2.14. The van der Waals surface area contributed by atoms with Crippen LogP contribution >= 0.6 is 45.8 Å². The Kier molecular flexibility index (Phi) is 5.34. The molecular formula is C14H15Cl2IN2O. The van der Waals surface area contributed by atoms with Gasteiger partial charge in [-0.2, -0.15) is 5.10 Å². The van der Waals surface area contributed by atoms with E-state index in [0.29, 0.717) is 16.5 Å². The molecule has 2 aromatic rings. The van der Waals surface area contributed by atoms with Crippen LogP contribution in [-0.4, -0.2) is 14.9 Å². The van der Waals surface area contributed by atoms with Gasteiger partial charge >= 0.3 is 0 Å². The van der Waals surface area contributed by atoms with Gasteiger partial charge in [0.1, 0.15) is 0 Å². The van der Waals surface area contributed by atoms with Crippen LogP contribution in [0.15, 0.2) is 18.2 Å². The largest absolute Gasteiger partial charge is 0.388 e. The molecule has 0 saturated carbocycles. The number of aliphatic hydroxyl groups is 1. The Bertz CT molecular complexity index is 628. The molecule has 1 aromatic heterocycles. The van der Waals surface area contributed by atoms with E-state index in [1.54, 1.807) is 6.07 Å². The number of aromatic nitrogens is 2. The Morgan fingerprint density at radius 2 is 2.10 bits per heavy atom. The molecule has 6 heteroatoms. The number of aryl methyl sites for hydroxylation is 2. The SMILES string of the molecule is CCn1nc(C)c(Cl)c1CC(O)c1cc(Cl)ccc1I. The van der Waals surface area contributed by atoms with Crippen molar-refractivity contribution in [3.8, 4) is 0 Å². The summed E-state index contributed by atoms with van der Waals surface area (Å²) >= 11 is 14.5. The first-order valence-electron chi connectivity index (χ1n) is 6.28. The lowest BCUT2D eigenvalue weighted by Crippen LogP contribution is -2.10. The van der Waals surface area contributed by atoms with Gasteiger partial charge in [-0.05, 0) is 60.2 Å². The van der Waals surface area contributed by atoms with Crippen molar-refractivity contribution in [2.24, 2.45) is 0 Å². The van der Waals surface area contributed by atoms with Gasteiger partial charge in [-0.15, -0.1) is 0 Å². The molecule has 0 bridgehead atoms. The maximum atomic E-state index is 10.5. The third-order valence-corrected chi connectivity index (χ3v) is 4.87. The van der Waals surface area contributed by atoms with Gasteiger partial charge in [-0.3, -0.25) is 4.68 Å². The van der Waals surface area contributed by atoms with E-state index < -0.39 is 6.10 Å². The van der Waals surface area contributed by atoms with Gasteiger partial charge in [-0.1, -0.05) is 23.2 Å². The van der Waals surface area contributed by atoms with Crippen LogP contribution in [-0.2, 0) is 13.0 Å². The fraction of sp³-hybridized carbons (Fsp3) is 0.357. The van der Waals surface area contributed by atoms with E-state index in [1.165, 1.54) is 0 Å². The minimum atomic E-state index is -0.653. The Balaban J connectivity index is 2.32. The molecular weight excluding hydrogens is 410 g/mol. The van der Waals surface area contributed by atoms with Crippen molar-refractivity contribution < 1.29 is 5.11 Å². The van der Waals surface area contributed by atoms with Crippen LogP contribution in [0.1, 0.15) is 30.0 Å². The number of hydrogen-bond acceptors (Lipinski definition) is 2. The lowest BCUT2D eigenvalue weighted by molar-refractivity contribution is 0.174. The fourth-order valence-corrected chi connectivity index (χ4v) is 3.22. The minimum absolute atomic E-state index is 0.420. The molecule has 0 spiro atoms. The highest BCUT2D eigenvalue weighted by Gasteiger charge is 2.19. The summed E-state index contributed by atoms with van der Waals surface area (Å²) in [5.74, 6) is 0. The predicted octanol–water partition coefficient (Wildman–Crippen LogP) is 4.40. The summed E-state index contributed by atoms with van der Waals surface area (Å²) in [5.41, 5.74) is 2.46. The summed E-state index contributed by atoms with van der Waals surface area (Å²) in [4.78, 5) is 0. The average molecular weight is 425 g/mol. The van der Waals surface area contributed by atoms with Crippen LogP contribution in [0.5, 0.6) is 0 Å². The summed E-state index contributed by atoms with van der Waals surface area (Å²) in [5, 5.41) is 16.1. The Morgan fingerprint density at radius 1 is 1.40 bits per heavy atom. The number of rotatable bonds is 4. The van der Waals surface area contributed by atoms with Crippen molar-refractivity contribution in [2.45, 2.75) is 32.9 Å². The van der Waals surface area contributed by atoms with Crippen LogP contribution in [0.4, 0.5) is 0 Å². The second-order valence-corrected chi connectivity index (χ2v) is 6.52. The summed E-state index contributed by atoms with van der Waals surface area (Å²) in [6, 6.07) is 5.50. The topological polar surface area (TPSA) is 38.0 Å². The summed E-state index contributed by atoms with van der Waals surface area (Å²) in [7, 11) is 0. The maximum absolute atomic E-state index is 10.5. The summed E-state index contributed by atoms with van der Waals surface area (Å²) < 4.78 is 2.81. The molecule has 0 fully saturated rings. The third kappa shape index (κ3) is 3.30. The maximum Gasteiger partial charge on any atom is 0.0856 e. The van der Waals surface area contributed by atoms with Crippen molar-refractivity contribution in [1.82, 2.24) is 9.78 Å². The first kappa shape index (κ1) is 16.1. The molecule has 3 nitrogen and oxygen atoms in total. The first-order chi connectivity index (χ1) is 9.43. The highest BCUT2D eigenvalue weighted by Crippen LogP contribution is 2.29. The standard InChI is InChI=1S/C14H15Cl2IN2O/c1-3-19-12(14(16)8(2)18-19)7-13(20)10-6-9(15)4-5-11(10)17/h4-6,13,20H,3,7H2,1-2H3. The van der Waals surface area contributed by atoms with Crippen molar-refractivity contribution >= 4 is 45.8 Å². The van der Waals surface area contributed by atoms with Gasteiger partial charge in [0.2, 0.25) is 0 Å². The molecule has 0 saturated heterocycles. The van der Waals surface area contributed by atoms with Gasteiger partial charge in [0, 0.05) is 21.6 Å². The van der Waals surface area contributed by atoms with E-state index >= 15 is 0 Å². The molecule has 0 amide bonds. The van der Waals surface area contributed by atoms with Gasteiger partial charge < -0.3 is 5.11 Å². The van der Waals surface area contributed by atoms with Gasteiger partial charge in [0.25, 0.3) is 0 Å². The molecule has 1 aromatic carbocycles. The van der Waals surface area contributed by atoms with Gasteiger partial charge in [-0.25, -0.2) is 0 Å². The van der Waals surface area contributed by atoms with Gasteiger partial charge in [0.15, 0.2) is 0 Å². The summed E-state index contributed by atoms with van der Waals surface area (Å²) in [6.07, 6.45) is -0.233. The molecule has 0 aliphatic rings. The quantitative estimate of drug-likeness (QED) is 0.738. The van der Waals surface area contributed by atoms with Crippen molar-refractivity contribution in [3.05, 3.63) is 48.8 Å². The molecule has 0 aliphatic carbocycles. The van der Waals surface area contributed by atoms with Crippen LogP contribution in [0.3, 0.4) is 0 Å². The smallest absolute Gasteiger partial charge is 0.0856 e. The minimum Gasteiger partial charge on any atom is -0.388 e. The van der Waals surface area contributed by atoms with Crippen molar-refractivity contribution in [2.75, 3.05) is 0 Å². The highest BCUT2D eigenvalue weighted by molar-refractivity contribution is 14.1. The Labute approximate surface area is 142 Å². The van der Waals surface area contributed by atoms with Crippen LogP contribution in [0.25, 0.3) is 0 Å². The van der Waals surface area contributed by atoms with E-state index in [9.17, 15) is 5.11 Å². The Morgan fingerprint density at radius 3 is 2.75 bits per heavy atom. The lowest BCUT2D eigenvalue weighted by atomic mass is 10.0.